The number of ether oxygens (including phenoxy) is 2. The molecule has 22 heavy (non-hydrogen) atoms. The Labute approximate surface area is 130 Å². The van der Waals surface area contributed by atoms with Gasteiger partial charge < -0.3 is 9.47 Å². The monoisotopic (exact) mass is 306 g/mol. The number of carbonyl (C=O) groups excluding carboxylic acids is 2. The predicted molar refractivity (Wildman–Crippen MR) is 82.2 cm³/mol. The van der Waals surface area contributed by atoms with Gasteiger partial charge in [-0.05, 0) is 39.3 Å². The van der Waals surface area contributed by atoms with Crippen LogP contribution in [0.4, 0.5) is 10.5 Å². The third-order valence-electron chi connectivity index (χ3n) is 3.45. The fourth-order valence-electron chi connectivity index (χ4n) is 2.36. The lowest BCUT2D eigenvalue weighted by molar-refractivity contribution is 0.0575. The van der Waals surface area contributed by atoms with E-state index in [0.29, 0.717) is 12.2 Å². The lowest BCUT2D eigenvalue weighted by atomic mass is 9.96. The Morgan fingerprint density at radius 2 is 2.00 bits per heavy atom. The summed E-state index contributed by atoms with van der Waals surface area (Å²) in [5, 5.41) is 0. The Bertz CT molecular complexity index is 592. The lowest BCUT2D eigenvalue weighted by Crippen LogP contribution is -2.40. The highest BCUT2D eigenvalue weighted by molar-refractivity contribution is 5.91. The molecule has 0 aliphatic carbocycles. The van der Waals surface area contributed by atoms with Crippen LogP contribution in [0, 0.1) is 0 Å². The van der Waals surface area contributed by atoms with Crippen molar-refractivity contribution in [2.75, 3.05) is 18.6 Å². The van der Waals surface area contributed by atoms with E-state index in [1.807, 2.05) is 27.7 Å². The summed E-state index contributed by atoms with van der Waals surface area (Å²) in [6.07, 6.45) is 0.373. The van der Waals surface area contributed by atoms with Gasteiger partial charge in [-0.2, -0.15) is 0 Å². The van der Waals surface area contributed by atoms with Crippen LogP contribution in [0.25, 0.3) is 0 Å². The molecule has 0 saturated heterocycles. The molecule has 0 radical (unpaired) electrons. The Balaban J connectivity index is 2.35. The average Bonchev–Trinajstić information content (AvgIpc) is 2.44. The molecule has 0 N–H and O–H groups in total. The van der Waals surface area contributed by atoms with Gasteiger partial charge in [0.2, 0.25) is 0 Å². The Morgan fingerprint density at radius 3 is 2.59 bits per heavy atom. The SMILES string of the molecule is COC(=O)c1ccc2c(n1)[C@H](C)CCN2C(=O)OC(C)(C)C. The number of amides is 1. The van der Waals surface area contributed by atoms with E-state index in [4.69, 9.17) is 9.47 Å². The van der Waals surface area contributed by atoms with Gasteiger partial charge in [0.15, 0.2) is 0 Å². The van der Waals surface area contributed by atoms with Crippen LogP contribution in [0.1, 0.15) is 56.2 Å². The molecule has 6 heteroatoms. The standard InChI is InChI=1S/C16H22N2O4/c1-10-8-9-18(15(20)22-16(2,3)4)12-7-6-11(14(19)21-5)17-13(10)12/h6-7,10H,8-9H2,1-5H3/t10-/m1/s1. The number of rotatable bonds is 1. The molecule has 2 heterocycles. The molecule has 0 saturated carbocycles. The fourth-order valence-corrected chi connectivity index (χ4v) is 2.36. The maximum absolute atomic E-state index is 12.3. The van der Waals surface area contributed by atoms with Crippen molar-refractivity contribution < 1.29 is 19.1 Å². The third kappa shape index (κ3) is 3.37. The number of pyridine rings is 1. The maximum atomic E-state index is 12.3. The fraction of sp³-hybridized carbons (Fsp3) is 0.562. The Kier molecular flexibility index (Phi) is 4.39. The average molecular weight is 306 g/mol. The molecule has 1 aromatic rings. The van der Waals surface area contributed by atoms with Crippen molar-refractivity contribution in [3.8, 4) is 0 Å². The number of hydrogen-bond donors (Lipinski definition) is 0. The highest BCUT2D eigenvalue weighted by Crippen LogP contribution is 2.34. The van der Waals surface area contributed by atoms with Crippen LogP contribution in [0.15, 0.2) is 12.1 Å². The van der Waals surface area contributed by atoms with Crippen molar-refractivity contribution in [3.05, 3.63) is 23.5 Å². The summed E-state index contributed by atoms with van der Waals surface area (Å²) in [5.74, 6) is -0.317. The van der Waals surface area contributed by atoms with E-state index in [0.717, 1.165) is 12.1 Å². The molecular formula is C16H22N2O4. The zero-order valence-corrected chi connectivity index (χ0v) is 13.7. The van der Waals surface area contributed by atoms with Gasteiger partial charge in [-0.15, -0.1) is 0 Å². The van der Waals surface area contributed by atoms with E-state index in [9.17, 15) is 9.59 Å². The molecule has 0 aromatic carbocycles. The van der Waals surface area contributed by atoms with Gasteiger partial charge in [0.25, 0.3) is 0 Å². The van der Waals surface area contributed by atoms with E-state index in [1.165, 1.54) is 7.11 Å². The molecule has 1 aromatic heterocycles. The van der Waals surface area contributed by atoms with Crippen molar-refractivity contribution in [2.24, 2.45) is 0 Å². The molecule has 1 amide bonds. The smallest absolute Gasteiger partial charge is 0.414 e. The molecule has 6 nitrogen and oxygen atoms in total. The molecule has 2 rings (SSSR count). The van der Waals surface area contributed by atoms with Gasteiger partial charge in [-0.3, -0.25) is 4.90 Å². The number of nitrogens with zero attached hydrogens (tertiary/aromatic N) is 2. The van der Waals surface area contributed by atoms with Crippen molar-refractivity contribution >= 4 is 17.7 Å². The summed E-state index contributed by atoms with van der Waals surface area (Å²) in [6.45, 7) is 8.09. The third-order valence-corrected chi connectivity index (χ3v) is 3.45. The van der Waals surface area contributed by atoms with Gasteiger partial charge in [0, 0.05) is 12.5 Å². The van der Waals surface area contributed by atoms with Crippen LogP contribution in [0.2, 0.25) is 0 Å². The number of fused-ring (bicyclic) bond motifs is 1. The highest BCUT2D eigenvalue weighted by Gasteiger charge is 2.31. The number of methoxy groups -OCH3 is 1. The minimum absolute atomic E-state index is 0.165. The van der Waals surface area contributed by atoms with Gasteiger partial charge in [-0.1, -0.05) is 6.92 Å². The van der Waals surface area contributed by atoms with E-state index in [2.05, 4.69) is 4.98 Å². The number of anilines is 1. The first kappa shape index (κ1) is 16.3. The molecule has 1 aliphatic heterocycles. The van der Waals surface area contributed by atoms with Gasteiger partial charge >= 0.3 is 12.1 Å². The second-order valence-corrected chi connectivity index (χ2v) is 6.41. The highest BCUT2D eigenvalue weighted by atomic mass is 16.6. The molecule has 120 valence electrons. The predicted octanol–water partition coefficient (Wildman–Crippen LogP) is 3.12. The van der Waals surface area contributed by atoms with Crippen LogP contribution in [-0.2, 0) is 9.47 Å². The van der Waals surface area contributed by atoms with Crippen LogP contribution < -0.4 is 4.90 Å². The zero-order chi connectivity index (χ0) is 16.5. The van der Waals surface area contributed by atoms with Crippen LogP contribution in [0.5, 0.6) is 0 Å². The summed E-state index contributed by atoms with van der Waals surface area (Å²) in [6, 6.07) is 3.30. The topological polar surface area (TPSA) is 68.7 Å². The first-order valence-corrected chi connectivity index (χ1v) is 7.32. The number of hydrogen-bond acceptors (Lipinski definition) is 5. The van der Waals surface area contributed by atoms with Crippen LogP contribution in [-0.4, -0.2) is 36.3 Å². The number of carbonyl (C=O) groups is 2. The largest absolute Gasteiger partial charge is 0.464 e. The van der Waals surface area contributed by atoms with Crippen molar-refractivity contribution in [1.29, 1.82) is 0 Å². The minimum Gasteiger partial charge on any atom is -0.464 e. The number of esters is 1. The minimum atomic E-state index is -0.556. The van der Waals surface area contributed by atoms with E-state index in [1.54, 1.807) is 17.0 Å². The Hall–Kier alpha value is -2.11. The second-order valence-electron chi connectivity index (χ2n) is 6.41. The molecule has 1 aliphatic rings. The van der Waals surface area contributed by atoms with E-state index >= 15 is 0 Å². The molecule has 0 bridgehead atoms. The summed E-state index contributed by atoms with van der Waals surface area (Å²) >= 11 is 0. The van der Waals surface area contributed by atoms with Crippen LogP contribution in [0.3, 0.4) is 0 Å². The summed E-state index contributed by atoms with van der Waals surface area (Å²) in [4.78, 5) is 29.9. The van der Waals surface area contributed by atoms with Gasteiger partial charge in [0.05, 0.1) is 18.5 Å². The molecule has 0 spiro atoms. The molecule has 1 atom stereocenters. The van der Waals surface area contributed by atoms with Gasteiger partial charge in [-0.25, -0.2) is 14.6 Å². The van der Waals surface area contributed by atoms with Gasteiger partial charge in [0.1, 0.15) is 11.3 Å². The first-order chi connectivity index (χ1) is 10.2. The molecule has 0 fully saturated rings. The zero-order valence-electron chi connectivity index (χ0n) is 13.7. The van der Waals surface area contributed by atoms with Crippen molar-refractivity contribution in [3.63, 3.8) is 0 Å². The first-order valence-electron chi connectivity index (χ1n) is 7.32. The summed E-state index contributed by atoms with van der Waals surface area (Å²) in [7, 11) is 1.32. The maximum Gasteiger partial charge on any atom is 0.414 e. The Morgan fingerprint density at radius 1 is 1.32 bits per heavy atom. The van der Waals surface area contributed by atoms with E-state index < -0.39 is 17.7 Å². The quantitative estimate of drug-likeness (QED) is 0.746. The van der Waals surface area contributed by atoms with Crippen molar-refractivity contribution in [2.45, 2.75) is 45.6 Å². The molecule has 0 unspecified atom stereocenters. The summed E-state index contributed by atoms with van der Waals surface area (Å²) in [5.41, 5.74) is 1.11. The van der Waals surface area contributed by atoms with E-state index in [-0.39, 0.29) is 11.6 Å². The molecular weight excluding hydrogens is 284 g/mol. The van der Waals surface area contributed by atoms with Crippen LogP contribution >= 0.6 is 0 Å². The normalized spacial score (nSPS) is 17.7. The number of aromatic nitrogens is 1. The second kappa shape index (κ2) is 5.94. The van der Waals surface area contributed by atoms with Crippen molar-refractivity contribution in [1.82, 2.24) is 4.98 Å². The lowest BCUT2D eigenvalue weighted by Gasteiger charge is -2.33. The summed E-state index contributed by atoms with van der Waals surface area (Å²) < 4.78 is 10.1.